The molecule has 1 aromatic heterocycles. The van der Waals surface area contributed by atoms with Gasteiger partial charge in [-0.05, 0) is 46.9 Å². The van der Waals surface area contributed by atoms with Crippen molar-refractivity contribution in [2.24, 2.45) is 0 Å². The zero-order valence-corrected chi connectivity index (χ0v) is 11.8. The summed E-state index contributed by atoms with van der Waals surface area (Å²) in [7, 11) is 1.82. The Hall–Kier alpha value is -1.88. The van der Waals surface area contributed by atoms with E-state index >= 15 is 0 Å². The van der Waals surface area contributed by atoms with Crippen LogP contribution < -0.4 is 10.6 Å². The van der Waals surface area contributed by atoms with E-state index in [0.29, 0.717) is 11.5 Å². The van der Waals surface area contributed by atoms with Crippen LogP contribution in [0.15, 0.2) is 30.5 Å². The van der Waals surface area contributed by atoms with Gasteiger partial charge >= 0.3 is 0 Å². The van der Waals surface area contributed by atoms with Crippen LogP contribution in [0.25, 0.3) is 0 Å². The van der Waals surface area contributed by atoms with Crippen molar-refractivity contribution in [3.05, 3.63) is 39.6 Å². The van der Waals surface area contributed by atoms with Crippen molar-refractivity contribution in [1.29, 1.82) is 5.26 Å². The predicted molar refractivity (Wildman–Crippen MR) is 78.7 cm³/mol. The number of nitrogens with one attached hydrogen (secondary N) is 2. The van der Waals surface area contributed by atoms with Crippen molar-refractivity contribution in [1.82, 2.24) is 9.97 Å². The highest BCUT2D eigenvalue weighted by Crippen LogP contribution is 2.18. The van der Waals surface area contributed by atoms with Crippen LogP contribution in [-0.2, 0) is 0 Å². The molecule has 90 valence electrons. The van der Waals surface area contributed by atoms with E-state index in [1.165, 1.54) is 0 Å². The Kier molecular flexibility index (Phi) is 3.94. The maximum atomic E-state index is 8.71. The van der Waals surface area contributed by atoms with Crippen LogP contribution in [0.5, 0.6) is 0 Å². The molecule has 0 unspecified atom stereocenters. The number of hydrogen-bond acceptors (Lipinski definition) is 5. The average Bonchev–Trinajstić information content (AvgIpc) is 2.42. The van der Waals surface area contributed by atoms with Gasteiger partial charge in [-0.15, -0.1) is 0 Å². The van der Waals surface area contributed by atoms with Gasteiger partial charge in [0.2, 0.25) is 5.95 Å². The maximum Gasteiger partial charge on any atom is 0.229 e. The fourth-order valence-electron chi connectivity index (χ4n) is 1.36. The molecular formula is C12H10IN5. The van der Waals surface area contributed by atoms with Gasteiger partial charge < -0.3 is 10.6 Å². The smallest absolute Gasteiger partial charge is 0.229 e. The standard InChI is InChI=1S/C12H10IN5/c1-15-11-10(13)7-16-12(18-11)17-9-4-2-8(6-14)3-5-9/h2-5,7H,1H3,(H2,15,16,17,18). The molecule has 1 heterocycles. The lowest BCUT2D eigenvalue weighted by Crippen LogP contribution is -2.02. The molecule has 2 rings (SSSR count). The molecule has 0 amide bonds. The van der Waals surface area contributed by atoms with E-state index in [4.69, 9.17) is 5.26 Å². The molecule has 0 saturated carbocycles. The third kappa shape index (κ3) is 2.87. The lowest BCUT2D eigenvalue weighted by atomic mass is 10.2. The molecule has 2 N–H and O–H groups in total. The molecule has 0 aliphatic rings. The number of hydrogen-bond donors (Lipinski definition) is 2. The Morgan fingerprint density at radius 1 is 1.28 bits per heavy atom. The van der Waals surface area contributed by atoms with Gasteiger partial charge in [0, 0.05) is 18.9 Å². The fraction of sp³-hybridized carbons (Fsp3) is 0.0833. The lowest BCUT2D eigenvalue weighted by Gasteiger charge is -2.07. The van der Waals surface area contributed by atoms with Crippen molar-refractivity contribution in [3.8, 4) is 6.07 Å². The second kappa shape index (κ2) is 5.64. The van der Waals surface area contributed by atoms with Crippen LogP contribution in [0.3, 0.4) is 0 Å². The van der Waals surface area contributed by atoms with Crippen molar-refractivity contribution < 1.29 is 0 Å². The minimum atomic E-state index is 0.518. The summed E-state index contributed by atoms with van der Waals surface area (Å²) in [6, 6.07) is 9.20. The van der Waals surface area contributed by atoms with Crippen LogP contribution >= 0.6 is 22.6 Å². The van der Waals surface area contributed by atoms with Gasteiger partial charge in [-0.2, -0.15) is 10.2 Å². The first kappa shape index (κ1) is 12.6. The second-order valence-corrected chi connectivity index (χ2v) is 4.62. The molecule has 0 radical (unpaired) electrons. The molecule has 0 spiro atoms. The third-order valence-corrected chi connectivity index (χ3v) is 3.04. The molecule has 2 aromatic rings. The van der Waals surface area contributed by atoms with Crippen molar-refractivity contribution in [2.75, 3.05) is 17.7 Å². The zero-order valence-electron chi connectivity index (χ0n) is 9.61. The van der Waals surface area contributed by atoms with Crippen LogP contribution in [0.2, 0.25) is 0 Å². The number of nitrogens with zero attached hydrogens (tertiary/aromatic N) is 3. The molecule has 6 heteroatoms. The largest absolute Gasteiger partial charge is 0.372 e. The zero-order chi connectivity index (χ0) is 13.0. The average molecular weight is 351 g/mol. The summed E-state index contributed by atoms with van der Waals surface area (Å²) in [6.07, 6.45) is 1.74. The van der Waals surface area contributed by atoms with E-state index in [1.807, 2.05) is 19.2 Å². The number of aromatic nitrogens is 2. The highest BCUT2D eigenvalue weighted by atomic mass is 127. The first-order valence-electron chi connectivity index (χ1n) is 5.20. The number of rotatable bonds is 3. The summed E-state index contributed by atoms with van der Waals surface area (Å²) in [6.45, 7) is 0. The maximum absolute atomic E-state index is 8.71. The molecule has 1 aromatic carbocycles. The predicted octanol–water partition coefficient (Wildman–Crippen LogP) is 2.74. The minimum Gasteiger partial charge on any atom is -0.372 e. The van der Waals surface area contributed by atoms with Crippen molar-refractivity contribution in [2.45, 2.75) is 0 Å². The highest BCUT2D eigenvalue weighted by molar-refractivity contribution is 14.1. The molecule has 0 atom stereocenters. The quantitative estimate of drug-likeness (QED) is 0.832. The number of benzene rings is 1. The Morgan fingerprint density at radius 3 is 2.61 bits per heavy atom. The monoisotopic (exact) mass is 351 g/mol. The minimum absolute atomic E-state index is 0.518. The molecule has 0 aliphatic heterocycles. The van der Waals surface area contributed by atoms with E-state index in [2.05, 4.69) is 49.3 Å². The Bertz CT molecular complexity index is 588. The van der Waals surface area contributed by atoms with E-state index in [9.17, 15) is 0 Å². The fourth-order valence-corrected chi connectivity index (χ4v) is 1.89. The molecule has 0 saturated heterocycles. The Morgan fingerprint density at radius 2 is 2.00 bits per heavy atom. The number of anilines is 3. The van der Waals surface area contributed by atoms with Gasteiger partial charge in [0.05, 0.1) is 15.2 Å². The van der Waals surface area contributed by atoms with Gasteiger partial charge in [-0.3, -0.25) is 0 Å². The third-order valence-electron chi connectivity index (χ3n) is 2.25. The molecule has 5 nitrogen and oxygen atoms in total. The van der Waals surface area contributed by atoms with Crippen LogP contribution in [0.4, 0.5) is 17.5 Å². The van der Waals surface area contributed by atoms with Crippen LogP contribution in [-0.4, -0.2) is 17.0 Å². The summed E-state index contributed by atoms with van der Waals surface area (Å²) in [5.74, 6) is 1.30. The molecular weight excluding hydrogens is 341 g/mol. The van der Waals surface area contributed by atoms with Crippen LogP contribution in [0.1, 0.15) is 5.56 Å². The summed E-state index contributed by atoms with van der Waals surface area (Å²) >= 11 is 2.17. The second-order valence-electron chi connectivity index (χ2n) is 3.45. The van der Waals surface area contributed by atoms with E-state index in [0.717, 1.165) is 15.1 Å². The Labute approximate surface area is 118 Å². The van der Waals surface area contributed by atoms with Crippen molar-refractivity contribution in [3.63, 3.8) is 0 Å². The van der Waals surface area contributed by atoms with Gasteiger partial charge in [0.1, 0.15) is 5.82 Å². The van der Waals surface area contributed by atoms with Gasteiger partial charge in [0.25, 0.3) is 0 Å². The normalized spacial score (nSPS) is 9.61. The first-order valence-corrected chi connectivity index (χ1v) is 6.28. The van der Waals surface area contributed by atoms with Gasteiger partial charge in [-0.25, -0.2) is 4.98 Å². The Balaban J connectivity index is 2.20. The molecule has 18 heavy (non-hydrogen) atoms. The number of halogens is 1. The summed E-state index contributed by atoms with van der Waals surface area (Å²) in [4.78, 5) is 8.51. The number of nitriles is 1. The van der Waals surface area contributed by atoms with E-state index in [1.54, 1.807) is 18.3 Å². The molecule has 0 fully saturated rings. The summed E-state index contributed by atoms with van der Waals surface area (Å²) in [5, 5.41) is 14.8. The highest BCUT2D eigenvalue weighted by Gasteiger charge is 2.03. The lowest BCUT2D eigenvalue weighted by molar-refractivity contribution is 1.14. The van der Waals surface area contributed by atoms with E-state index < -0.39 is 0 Å². The topological polar surface area (TPSA) is 73.6 Å². The van der Waals surface area contributed by atoms with E-state index in [-0.39, 0.29) is 0 Å². The molecule has 0 aliphatic carbocycles. The summed E-state index contributed by atoms with van der Waals surface area (Å²) < 4.78 is 0.959. The SMILES string of the molecule is CNc1nc(Nc2ccc(C#N)cc2)ncc1I. The van der Waals surface area contributed by atoms with Gasteiger partial charge in [0.15, 0.2) is 0 Å². The first-order chi connectivity index (χ1) is 8.72. The van der Waals surface area contributed by atoms with Crippen LogP contribution in [0, 0.1) is 14.9 Å². The molecule has 0 bridgehead atoms. The van der Waals surface area contributed by atoms with Crippen molar-refractivity contribution >= 4 is 40.0 Å². The van der Waals surface area contributed by atoms with Gasteiger partial charge in [-0.1, -0.05) is 0 Å². The summed E-state index contributed by atoms with van der Waals surface area (Å²) in [5.41, 5.74) is 1.47.